The minimum absolute atomic E-state index is 0.0937. The number of guanidine groups is 1. The fraction of sp³-hybridized carbons (Fsp3) is 0.529. The van der Waals surface area contributed by atoms with Gasteiger partial charge in [0.15, 0.2) is 5.96 Å². The molecular weight excluding hydrogens is 412 g/mol. The van der Waals surface area contributed by atoms with E-state index in [1.807, 2.05) is 0 Å². The third kappa shape index (κ3) is 10.1. The van der Waals surface area contributed by atoms with Crippen LogP contribution in [-0.4, -0.2) is 74.6 Å². The minimum Gasteiger partial charge on any atom is -0.481 e. The van der Waals surface area contributed by atoms with E-state index < -0.39 is 48.3 Å². The van der Waals surface area contributed by atoms with E-state index in [2.05, 4.69) is 25.6 Å². The molecule has 0 fully saturated rings. The van der Waals surface area contributed by atoms with Crippen molar-refractivity contribution in [2.24, 2.45) is 22.2 Å². The van der Waals surface area contributed by atoms with E-state index in [9.17, 15) is 24.3 Å². The summed E-state index contributed by atoms with van der Waals surface area (Å²) in [6.07, 6.45) is 2.72. The highest BCUT2D eigenvalue weighted by Crippen LogP contribution is 2.05. The predicted octanol–water partition coefficient (Wildman–Crippen LogP) is -2.75. The number of imidazole rings is 1. The number of aliphatic carboxylic acids is 2. The Balaban J connectivity index is 2.80. The first-order valence-corrected chi connectivity index (χ1v) is 9.43. The molecule has 0 aliphatic rings. The molecule has 11 N–H and O–H groups in total. The normalized spacial score (nSPS) is 13.5. The Morgan fingerprint density at radius 3 is 2.32 bits per heavy atom. The molecule has 1 aromatic heterocycles. The number of carbonyl (C=O) groups excluding carboxylic acids is 2. The highest BCUT2D eigenvalue weighted by molar-refractivity contribution is 5.91. The van der Waals surface area contributed by atoms with E-state index in [-0.39, 0.29) is 31.8 Å². The van der Waals surface area contributed by atoms with Crippen molar-refractivity contribution in [2.75, 3.05) is 6.54 Å². The van der Waals surface area contributed by atoms with E-state index in [0.717, 1.165) is 0 Å². The fourth-order valence-electron chi connectivity index (χ4n) is 2.57. The third-order valence-corrected chi connectivity index (χ3v) is 4.17. The van der Waals surface area contributed by atoms with Crippen LogP contribution in [0.3, 0.4) is 0 Å². The van der Waals surface area contributed by atoms with Crippen LogP contribution in [0.15, 0.2) is 17.5 Å². The third-order valence-electron chi connectivity index (χ3n) is 4.17. The molecule has 3 atom stereocenters. The number of carboxylic acid groups (broad SMARTS) is 2. The molecule has 0 radical (unpaired) electrons. The summed E-state index contributed by atoms with van der Waals surface area (Å²) in [7, 11) is 0. The van der Waals surface area contributed by atoms with Crippen molar-refractivity contribution in [1.82, 2.24) is 20.6 Å². The number of nitrogens with one attached hydrogen (secondary N) is 3. The molecule has 0 bridgehead atoms. The molecule has 31 heavy (non-hydrogen) atoms. The maximum Gasteiger partial charge on any atom is 0.326 e. The van der Waals surface area contributed by atoms with Crippen molar-refractivity contribution < 1.29 is 29.4 Å². The summed E-state index contributed by atoms with van der Waals surface area (Å²) in [4.78, 5) is 57.6. The number of aromatic amines is 1. The van der Waals surface area contributed by atoms with Crippen LogP contribution in [0.1, 0.15) is 31.4 Å². The smallest absolute Gasteiger partial charge is 0.326 e. The summed E-state index contributed by atoms with van der Waals surface area (Å²) in [5, 5.41) is 22.7. The van der Waals surface area contributed by atoms with Crippen LogP contribution in [-0.2, 0) is 25.6 Å². The van der Waals surface area contributed by atoms with Gasteiger partial charge in [0.2, 0.25) is 11.8 Å². The van der Waals surface area contributed by atoms with E-state index in [4.69, 9.17) is 22.3 Å². The zero-order chi connectivity index (χ0) is 23.4. The quantitative estimate of drug-likeness (QED) is 0.0840. The van der Waals surface area contributed by atoms with Gasteiger partial charge in [-0.05, 0) is 19.3 Å². The first-order chi connectivity index (χ1) is 14.6. The Morgan fingerprint density at radius 2 is 1.77 bits per heavy atom. The van der Waals surface area contributed by atoms with Gasteiger partial charge >= 0.3 is 11.9 Å². The van der Waals surface area contributed by atoms with Gasteiger partial charge in [-0.2, -0.15) is 0 Å². The lowest BCUT2D eigenvalue weighted by molar-refractivity contribution is -0.143. The Labute approximate surface area is 177 Å². The second-order valence-electron chi connectivity index (χ2n) is 6.73. The van der Waals surface area contributed by atoms with Gasteiger partial charge in [0.1, 0.15) is 12.1 Å². The average Bonchev–Trinajstić information content (AvgIpc) is 3.19. The van der Waals surface area contributed by atoms with Crippen molar-refractivity contribution in [3.63, 3.8) is 0 Å². The molecule has 1 rings (SSSR count). The Hall–Kier alpha value is -3.68. The Morgan fingerprint density at radius 1 is 1.10 bits per heavy atom. The number of nitrogens with zero attached hydrogens (tertiary/aromatic N) is 2. The average molecular weight is 440 g/mol. The van der Waals surface area contributed by atoms with Gasteiger partial charge in [-0.25, -0.2) is 9.78 Å². The number of carboxylic acids is 2. The molecule has 2 amide bonds. The Kier molecular flexibility index (Phi) is 10.5. The lowest BCUT2D eigenvalue weighted by Crippen LogP contribution is -2.54. The largest absolute Gasteiger partial charge is 0.481 e. The van der Waals surface area contributed by atoms with E-state index in [0.29, 0.717) is 12.1 Å². The van der Waals surface area contributed by atoms with E-state index in [1.165, 1.54) is 12.5 Å². The van der Waals surface area contributed by atoms with Crippen LogP contribution in [0.4, 0.5) is 0 Å². The number of amides is 2. The maximum atomic E-state index is 12.6. The van der Waals surface area contributed by atoms with E-state index in [1.54, 1.807) is 0 Å². The molecule has 0 aliphatic heterocycles. The van der Waals surface area contributed by atoms with Crippen molar-refractivity contribution in [3.05, 3.63) is 18.2 Å². The first-order valence-electron chi connectivity index (χ1n) is 9.43. The second kappa shape index (κ2) is 12.8. The molecule has 1 aromatic rings. The zero-order valence-electron chi connectivity index (χ0n) is 16.8. The lowest BCUT2D eigenvalue weighted by Gasteiger charge is -2.22. The summed E-state index contributed by atoms with van der Waals surface area (Å²) in [5.74, 6) is -4.15. The van der Waals surface area contributed by atoms with Gasteiger partial charge in [-0.3, -0.25) is 19.4 Å². The highest BCUT2D eigenvalue weighted by Gasteiger charge is 2.28. The summed E-state index contributed by atoms with van der Waals surface area (Å²) < 4.78 is 0. The highest BCUT2D eigenvalue weighted by atomic mass is 16.4. The number of hydrogen-bond acceptors (Lipinski definition) is 7. The number of hydrogen-bond donors (Lipinski definition) is 8. The SMILES string of the molecule is NC(N)=NCCCC(NC(=O)C(N)Cc1cnc[nH]1)C(=O)NC(CCC(=O)O)C(=O)O. The van der Waals surface area contributed by atoms with Crippen molar-refractivity contribution in [2.45, 2.75) is 50.2 Å². The van der Waals surface area contributed by atoms with E-state index >= 15 is 0 Å². The molecule has 0 spiro atoms. The molecule has 14 nitrogen and oxygen atoms in total. The molecule has 14 heteroatoms. The Bertz CT molecular complexity index is 778. The van der Waals surface area contributed by atoms with Gasteiger partial charge in [0.05, 0.1) is 12.4 Å². The summed E-state index contributed by atoms with van der Waals surface area (Å²) >= 11 is 0. The summed E-state index contributed by atoms with van der Waals surface area (Å²) in [5.41, 5.74) is 17.0. The van der Waals surface area contributed by atoms with Gasteiger partial charge in [-0.1, -0.05) is 0 Å². The van der Waals surface area contributed by atoms with Crippen LogP contribution in [0, 0.1) is 0 Å². The van der Waals surface area contributed by atoms with Crippen LogP contribution < -0.4 is 27.8 Å². The first kappa shape index (κ1) is 25.4. The number of H-pyrrole nitrogens is 1. The summed E-state index contributed by atoms with van der Waals surface area (Å²) in [6.45, 7) is 0.184. The fourth-order valence-corrected chi connectivity index (χ4v) is 2.57. The monoisotopic (exact) mass is 440 g/mol. The number of nitrogens with two attached hydrogens (primary N) is 3. The minimum atomic E-state index is -1.43. The van der Waals surface area contributed by atoms with Gasteiger partial charge in [-0.15, -0.1) is 0 Å². The van der Waals surface area contributed by atoms with Crippen LogP contribution in [0.5, 0.6) is 0 Å². The maximum absolute atomic E-state index is 12.6. The van der Waals surface area contributed by atoms with Crippen molar-refractivity contribution in [3.8, 4) is 0 Å². The summed E-state index contributed by atoms with van der Waals surface area (Å²) in [6, 6.07) is -3.55. The van der Waals surface area contributed by atoms with Gasteiger partial charge < -0.3 is 43.0 Å². The standard InChI is InChI=1S/C17H28N8O6/c18-10(6-9-7-21-8-23-9)14(28)24-11(2-1-5-22-17(19)20)15(29)25-12(16(30)31)3-4-13(26)27/h7-8,10-12H,1-6,18H2,(H,21,23)(H,24,28)(H,25,29)(H,26,27)(H,30,31)(H4,19,20,22). The molecule has 1 heterocycles. The van der Waals surface area contributed by atoms with Crippen LogP contribution in [0.2, 0.25) is 0 Å². The molecule has 0 aromatic carbocycles. The number of rotatable bonds is 14. The molecule has 172 valence electrons. The topological polar surface area (TPSA) is 252 Å². The molecule has 3 unspecified atom stereocenters. The molecular formula is C17H28N8O6. The van der Waals surface area contributed by atoms with Gasteiger partial charge in [0, 0.05) is 31.3 Å². The van der Waals surface area contributed by atoms with Crippen molar-refractivity contribution in [1.29, 1.82) is 0 Å². The number of carbonyl (C=O) groups is 4. The van der Waals surface area contributed by atoms with Crippen LogP contribution in [0.25, 0.3) is 0 Å². The van der Waals surface area contributed by atoms with Gasteiger partial charge in [0.25, 0.3) is 0 Å². The molecule has 0 aliphatic carbocycles. The lowest BCUT2D eigenvalue weighted by atomic mass is 10.1. The molecule has 0 saturated heterocycles. The second-order valence-corrected chi connectivity index (χ2v) is 6.73. The number of aliphatic imine (C=N–C) groups is 1. The molecule has 0 saturated carbocycles. The number of aromatic nitrogens is 2. The predicted molar refractivity (Wildman–Crippen MR) is 109 cm³/mol. The van der Waals surface area contributed by atoms with Crippen LogP contribution >= 0.6 is 0 Å². The van der Waals surface area contributed by atoms with Crippen molar-refractivity contribution >= 4 is 29.7 Å². The zero-order valence-corrected chi connectivity index (χ0v) is 16.8.